The van der Waals surface area contributed by atoms with E-state index in [0.717, 1.165) is 31.2 Å². The van der Waals surface area contributed by atoms with Gasteiger partial charge in [-0.05, 0) is 43.0 Å². The highest BCUT2D eigenvalue weighted by Crippen LogP contribution is 2.26. The second-order valence-corrected chi connectivity index (χ2v) is 5.95. The number of benzene rings is 1. The summed E-state index contributed by atoms with van der Waals surface area (Å²) in [5.41, 5.74) is 1.21. The van der Waals surface area contributed by atoms with Crippen LogP contribution in [0.4, 0.5) is 5.69 Å². The fourth-order valence-electron chi connectivity index (χ4n) is 2.90. The lowest BCUT2D eigenvalue weighted by atomic mass is 9.87. The predicted molar refractivity (Wildman–Crippen MR) is 86.5 cm³/mol. The van der Waals surface area contributed by atoms with Gasteiger partial charge in [-0.3, -0.25) is 0 Å². The van der Waals surface area contributed by atoms with Crippen LogP contribution in [0.1, 0.15) is 58.3 Å². The van der Waals surface area contributed by atoms with Crippen LogP contribution in [-0.4, -0.2) is 13.2 Å². The van der Waals surface area contributed by atoms with Crippen molar-refractivity contribution in [1.82, 2.24) is 0 Å². The van der Waals surface area contributed by atoms with Crippen LogP contribution in [0, 0.1) is 5.92 Å². The Morgan fingerprint density at radius 2 is 1.85 bits per heavy atom. The first-order valence-corrected chi connectivity index (χ1v) is 8.35. The van der Waals surface area contributed by atoms with Gasteiger partial charge in [0.2, 0.25) is 0 Å². The van der Waals surface area contributed by atoms with Crippen LogP contribution in [0.3, 0.4) is 0 Å². The molecule has 0 atom stereocenters. The van der Waals surface area contributed by atoms with Gasteiger partial charge >= 0.3 is 0 Å². The molecule has 0 heterocycles. The minimum atomic E-state index is 0.824. The van der Waals surface area contributed by atoms with Crippen LogP contribution in [0.2, 0.25) is 0 Å². The van der Waals surface area contributed by atoms with Gasteiger partial charge in [0.15, 0.2) is 0 Å². The van der Waals surface area contributed by atoms with Crippen molar-refractivity contribution in [2.24, 2.45) is 5.92 Å². The Hall–Kier alpha value is -1.18. The van der Waals surface area contributed by atoms with Crippen LogP contribution in [-0.2, 0) is 0 Å². The third-order valence-electron chi connectivity index (χ3n) is 4.23. The second kappa shape index (κ2) is 8.89. The first-order valence-electron chi connectivity index (χ1n) is 8.35. The Labute approximate surface area is 123 Å². The van der Waals surface area contributed by atoms with E-state index in [9.17, 15) is 0 Å². The molecule has 1 aromatic carbocycles. The minimum absolute atomic E-state index is 0.824. The van der Waals surface area contributed by atoms with E-state index in [0.29, 0.717) is 0 Å². The molecular weight excluding hydrogens is 246 g/mol. The summed E-state index contributed by atoms with van der Waals surface area (Å²) in [6.45, 7) is 4.11. The van der Waals surface area contributed by atoms with E-state index in [-0.39, 0.29) is 0 Å². The second-order valence-electron chi connectivity index (χ2n) is 5.95. The van der Waals surface area contributed by atoms with Crippen molar-refractivity contribution in [2.75, 3.05) is 18.5 Å². The summed E-state index contributed by atoms with van der Waals surface area (Å²) < 4.78 is 5.67. The number of nitrogens with one attached hydrogen (secondary N) is 1. The van der Waals surface area contributed by atoms with Gasteiger partial charge in [-0.1, -0.05) is 45.4 Å². The molecule has 1 aromatic rings. The lowest BCUT2D eigenvalue weighted by molar-refractivity contribution is 0.309. The van der Waals surface area contributed by atoms with E-state index in [4.69, 9.17) is 4.74 Å². The van der Waals surface area contributed by atoms with Crippen LogP contribution >= 0.6 is 0 Å². The van der Waals surface area contributed by atoms with Crippen molar-refractivity contribution in [2.45, 2.75) is 58.3 Å². The monoisotopic (exact) mass is 275 g/mol. The van der Waals surface area contributed by atoms with Crippen LogP contribution in [0.25, 0.3) is 0 Å². The van der Waals surface area contributed by atoms with Crippen molar-refractivity contribution in [3.05, 3.63) is 24.3 Å². The van der Waals surface area contributed by atoms with Crippen molar-refractivity contribution >= 4 is 5.69 Å². The summed E-state index contributed by atoms with van der Waals surface area (Å²) in [7, 11) is 0. The van der Waals surface area contributed by atoms with Crippen LogP contribution in [0.15, 0.2) is 24.3 Å². The van der Waals surface area contributed by atoms with Crippen molar-refractivity contribution < 1.29 is 4.74 Å². The number of rotatable bonds is 8. The van der Waals surface area contributed by atoms with E-state index < -0.39 is 0 Å². The van der Waals surface area contributed by atoms with Gasteiger partial charge in [0, 0.05) is 12.2 Å². The maximum atomic E-state index is 5.67. The summed E-state index contributed by atoms with van der Waals surface area (Å²) in [6, 6.07) is 8.39. The molecule has 1 N–H and O–H groups in total. The molecule has 2 nitrogen and oxygen atoms in total. The molecule has 1 fully saturated rings. The van der Waals surface area contributed by atoms with Crippen molar-refractivity contribution in [3.8, 4) is 5.75 Å². The maximum Gasteiger partial charge on any atom is 0.119 e. The molecule has 2 rings (SSSR count). The number of hydrogen-bond acceptors (Lipinski definition) is 2. The van der Waals surface area contributed by atoms with E-state index in [1.54, 1.807) is 0 Å². The van der Waals surface area contributed by atoms with Gasteiger partial charge in [0.25, 0.3) is 0 Å². The summed E-state index contributed by atoms with van der Waals surface area (Å²) in [4.78, 5) is 0. The molecule has 0 bridgehead atoms. The minimum Gasteiger partial charge on any atom is -0.494 e. The highest BCUT2D eigenvalue weighted by atomic mass is 16.5. The first kappa shape index (κ1) is 15.2. The summed E-state index contributed by atoms with van der Waals surface area (Å²) in [5.74, 6) is 1.93. The maximum absolute atomic E-state index is 5.67. The molecule has 0 spiro atoms. The molecule has 1 aliphatic rings. The van der Waals surface area contributed by atoms with Crippen molar-refractivity contribution in [1.29, 1.82) is 0 Å². The van der Waals surface area contributed by atoms with E-state index >= 15 is 0 Å². The molecule has 0 radical (unpaired) electrons. The highest BCUT2D eigenvalue weighted by Gasteiger charge is 2.12. The number of anilines is 1. The smallest absolute Gasteiger partial charge is 0.119 e. The Morgan fingerprint density at radius 1 is 1.10 bits per heavy atom. The van der Waals surface area contributed by atoms with Gasteiger partial charge in [-0.15, -0.1) is 0 Å². The highest BCUT2D eigenvalue weighted by molar-refractivity contribution is 5.46. The van der Waals surface area contributed by atoms with Gasteiger partial charge in [-0.2, -0.15) is 0 Å². The number of unbranched alkanes of at least 4 members (excludes halogenated alkanes) is 1. The lowest BCUT2D eigenvalue weighted by Gasteiger charge is -2.21. The topological polar surface area (TPSA) is 21.3 Å². The molecule has 0 saturated heterocycles. The SMILES string of the molecule is CCCCOc1ccc(NCCC2CCCCC2)cc1. The van der Waals surface area contributed by atoms with Crippen molar-refractivity contribution in [3.63, 3.8) is 0 Å². The molecule has 20 heavy (non-hydrogen) atoms. The quantitative estimate of drug-likeness (QED) is 0.654. The third-order valence-corrected chi connectivity index (χ3v) is 4.23. The van der Waals surface area contributed by atoms with Gasteiger partial charge in [-0.25, -0.2) is 0 Å². The fraction of sp³-hybridized carbons (Fsp3) is 0.667. The number of ether oxygens (including phenoxy) is 1. The zero-order valence-electron chi connectivity index (χ0n) is 12.9. The lowest BCUT2D eigenvalue weighted by Crippen LogP contribution is -2.12. The summed E-state index contributed by atoms with van der Waals surface area (Å²) in [5, 5.41) is 3.53. The van der Waals surface area contributed by atoms with Crippen LogP contribution < -0.4 is 10.1 Å². The standard InChI is InChI=1S/C18H29NO/c1-2-3-15-20-18-11-9-17(10-12-18)19-14-13-16-7-5-4-6-8-16/h9-12,16,19H,2-8,13-15H2,1H3. The van der Waals surface area contributed by atoms with Gasteiger partial charge in [0.05, 0.1) is 6.61 Å². The zero-order valence-corrected chi connectivity index (χ0v) is 12.9. The Morgan fingerprint density at radius 3 is 2.55 bits per heavy atom. The molecule has 0 aromatic heterocycles. The molecule has 112 valence electrons. The Kier molecular flexibility index (Phi) is 6.76. The molecular formula is C18H29NO. The molecule has 0 aliphatic heterocycles. The average molecular weight is 275 g/mol. The van der Waals surface area contributed by atoms with E-state index in [1.165, 1.54) is 50.6 Å². The van der Waals surface area contributed by atoms with Crippen LogP contribution in [0.5, 0.6) is 5.75 Å². The molecule has 0 unspecified atom stereocenters. The summed E-state index contributed by atoms with van der Waals surface area (Å²) >= 11 is 0. The largest absolute Gasteiger partial charge is 0.494 e. The van der Waals surface area contributed by atoms with E-state index in [1.807, 2.05) is 0 Å². The van der Waals surface area contributed by atoms with E-state index in [2.05, 4.69) is 36.5 Å². The first-order chi connectivity index (χ1) is 9.88. The molecule has 1 saturated carbocycles. The normalized spacial score (nSPS) is 16.1. The number of hydrogen-bond donors (Lipinski definition) is 1. The summed E-state index contributed by atoms with van der Waals surface area (Å²) in [6.07, 6.45) is 10.8. The fourth-order valence-corrected chi connectivity index (χ4v) is 2.90. The molecule has 2 heteroatoms. The predicted octanol–water partition coefficient (Wildman–Crippen LogP) is 5.25. The molecule has 0 amide bonds. The zero-order chi connectivity index (χ0) is 14.0. The van der Waals surface area contributed by atoms with Gasteiger partial charge in [0.1, 0.15) is 5.75 Å². The Bertz CT molecular complexity index is 354. The third kappa shape index (κ3) is 5.44. The average Bonchev–Trinajstić information content (AvgIpc) is 2.50. The Balaban J connectivity index is 1.65. The molecule has 1 aliphatic carbocycles. The van der Waals surface area contributed by atoms with Gasteiger partial charge < -0.3 is 10.1 Å².